The van der Waals surface area contributed by atoms with Crippen LogP contribution in [-0.4, -0.2) is 42.8 Å². The van der Waals surface area contributed by atoms with Crippen molar-refractivity contribution in [2.24, 2.45) is 0 Å². The minimum absolute atomic E-state index is 0.130. The van der Waals surface area contributed by atoms with Gasteiger partial charge in [-0.3, -0.25) is 4.79 Å². The van der Waals surface area contributed by atoms with Gasteiger partial charge in [-0.15, -0.1) is 0 Å². The molecule has 178 valence electrons. The van der Waals surface area contributed by atoms with E-state index in [0.29, 0.717) is 30.3 Å². The van der Waals surface area contributed by atoms with Crippen LogP contribution in [0.3, 0.4) is 0 Å². The predicted molar refractivity (Wildman–Crippen MR) is 127 cm³/mol. The Morgan fingerprint density at radius 3 is 1.88 bits per heavy atom. The summed E-state index contributed by atoms with van der Waals surface area (Å²) in [6.45, 7) is 5.58. The number of carbonyl (C=O) groups excluding carboxylic acids is 1. The number of aliphatic carboxylic acids is 1. The lowest BCUT2D eigenvalue weighted by Gasteiger charge is -2.23. The van der Waals surface area contributed by atoms with Gasteiger partial charge in [-0.25, -0.2) is 4.79 Å². The number of aryl methyl sites for hydroxylation is 1. The Morgan fingerprint density at radius 2 is 1.35 bits per heavy atom. The molecule has 0 aromatic heterocycles. The van der Waals surface area contributed by atoms with E-state index in [0.717, 1.165) is 11.3 Å². The van der Waals surface area contributed by atoms with E-state index in [1.807, 2.05) is 31.2 Å². The second-order valence-corrected chi connectivity index (χ2v) is 8.14. The van der Waals surface area contributed by atoms with Gasteiger partial charge in [0.2, 0.25) is 0 Å². The van der Waals surface area contributed by atoms with Crippen LogP contribution in [0, 0.1) is 6.92 Å². The fraction of sp³-hybridized carbons (Fsp3) is 0.259. The number of ether oxygens (including phenoxy) is 4. The van der Waals surface area contributed by atoms with Crippen molar-refractivity contribution in [1.29, 1.82) is 0 Å². The number of ketones is 1. The SMILES string of the molecule is COc1ccc(C(=O)c2ccc(OCCOc3ccc(C)cc3)cc2)c(OC(C)(C)C(=O)O)c1. The van der Waals surface area contributed by atoms with Gasteiger partial charge in [0.05, 0.1) is 12.7 Å². The molecule has 0 aliphatic rings. The Bertz CT molecular complexity index is 1130. The van der Waals surface area contributed by atoms with Crippen LogP contribution in [0.25, 0.3) is 0 Å². The Hall–Kier alpha value is -4.00. The summed E-state index contributed by atoms with van der Waals surface area (Å²) < 4.78 is 22.2. The summed E-state index contributed by atoms with van der Waals surface area (Å²) in [7, 11) is 1.48. The van der Waals surface area contributed by atoms with Gasteiger partial charge in [0.15, 0.2) is 11.4 Å². The first kappa shape index (κ1) is 24.6. The molecule has 0 amide bonds. The molecule has 3 rings (SSSR count). The summed E-state index contributed by atoms with van der Waals surface area (Å²) in [5.41, 5.74) is 0.276. The molecule has 34 heavy (non-hydrogen) atoms. The highest BCUT2D eigenvalue weighted by molar-refractivity contribution is 6.11. The average Bonchev–Trinajstić information content (AvgIpc) is 2.82. The van der Waals surface area contributed by atoms with Crippen molar-refractivity contribution < 1.29 is 33.6 Å². The van der Waals surface area contributed by atoms with E-state index >= 15 is 0 Å². The third kappa shape index (κ3) is 6.28. The zero-order chi connectivity index (χ0) is 24.7. The highest BCUT2D eigenvalue weighted by Crippen LogP contribution is 2.30. The molecular weight excluding hydrogens is 436 g/mol. The highest BCUT2D eigenvalue weighted by atomic mass is 16.5. The second kappa shape index (κ2) is 10.7. The van der Waals surface area contributed by atoms with Crippen LogP contribution < -0.4 is 18.9 Å². The first-order chi connectivity index (χ1) is 16.2. The van der Waals surface area contributed by atoms with Crippen LogP contribution in [-0.2, 0) is 4.79 Å². The van der Waals surface area contributed by atoms with Gasteiger partial charge in [-0.2, -0.15) is 0 Å². The Balaban J connectivity index is 1.66. The first-order valence-electron chi connectivity index (χ1n) is 10.8. The largest absolute Gasteiger partial charge is 0.497 e. The van der Waals surface area contributed by atoms with Gasteiger partial charge in [0.25, 0.3) is 0 Å². The molecule has 0 bridgehead atoms. The maximum atomic E-state index is 13.1. The van der Waals surface area contributed by atoms with Crippen molar-refractivity contribution >= 4 is 11.8 Å². The quantitative estimate of drug-likeness (QED) is 0.318. The van der Waals surface area contributed by atoms with Crippen LogP contribution >= 0.6 is 0 Å². The van der Waals surface area contributed by atoms with E-state index in [1.54, 1.807) is 36.4 Å². The normalized spacial score (nSPS) is 10.9. The maximum Gasteiger partial charge on any atom is 0.347 e. The molecule has 7 heteroatoms. The molecule has 0 saturated heterocycles. The number of methoxy groups -OCH3 is 1. The number of carboxylic acid groups (broad SMARTS) is 1. The zero-order valence-corrected chi connectivity index (χ0v) is 19.7. The van der Waals surface area contributed by atoms with Crippen LogP contribution in [0.4, 0.5) is 0 Å². The lowest BCUT2D eigenvalue weighted by molar-refractivity contribution is -0.152. The Morgan fingerprint density at radius 1 is 0.824 bits per heavy atom. The molecule has 1 N–H and O–H groups in total. The van der Waals surface area contributed by atoms with Gasteiger partial charge in [0.1, 0.15) is 36.2 Å². The van der Waals surface area contributed by atoms with E-state index in [2.05, 4.69) is 0 Å². The maximum absolute atomic E-state index is 13.1. The molecule has 0 aliphatic carbocycles. The standard InChI is InChI=1S/C27H28O7/c1-18-5-9-20(10-6-18)32-15-16-33-21-11-7-19(8-12-21)25(28)23-14-13-22(31-4)17-24(23)34-27(2,3)26(29)30/h5-14,17H,15-16H2,1-4H3,(H,29,30). The van der Waals surface area contributed by atoms with Gasteiger partial charge in [-0.1, -0.05) is 17.7 Å². The molecule has 0 atom stereocenters. The fourth-order valence-electron chi connectivity index (χ4n) is 3.03. The van der Waals surface area contributed by atoms with Crippen LogP contribution in [0.5, 0.6) is 23.0 Å². The number of benzene rings is 3. The number of rotatable bonds is 11. The van der Waals surface area contributed by atoms with Crippen LogP contribution in [0.2, 0.25) is 0 Å². The van der Waals surface area contributed by atoms with Gasteiger partial charge in [0, 0.05) is 11.6 Å². The number of carbonyl (C=O) groups is 2. The van der Waals surface area contributed by atoms with E-state index in [4.69, 9.17) is 18.9 Å². The molecule has 0 saturated carbocycles. The number of hydrogen-bond acceptors (Lipinski definition) is 6. The molecular formula is C27H28O7. The molecule has 3 aromatic rings. The minimum Gasteiger partial charge on any atom is -0.497 e. The van der Waals surface area contributed by atoms with Crippen LogP contribution in [0.1, 0.15) is 35.3 Å². The molecule has 7 nitrogen and oxygen atoms in total. The number of hydrogen-bond donors (Lipinski definition) is 1. The molecule has 0 aliphatic heterocycles. The molecule has 0 fully saturated rings. The van der Waals surface area contributed by atoms with Gasteiger partial charge < -0.3 is 24.1 Å². The van der Waals surface area contributed by atoms with Crippen molar-refractivity contribution in [3.63, 3.8) is 0 Å². The molecule has 0 unspecified atom stereocenters. The van der Waals surface area contributed by atoms with Crippen molar-refractivity contribution in [2.45, 2.75) is 26.4 Å². The van der Waals surface area contributed by atoms with E-state index in [9.17, 15) is 14.7 Å². The summed E-state index contributed by atoms with van der Waals surface area (Å²) in [5.74, 6) is 0.491. The highest BCUT2D eigenvalue weighted by Gasteiger charge is 2.31. The van der Waals surface area contributed by atoms with E-state index in [1.165, 1.54) is 27.0 Å². The Kier molecular flexibility index (Phi) is 7.79. The van der Waals surface area contributed by atoms with Crippen molar-refractivity contribution in [3.8, 4) is 23.0 Å². The lowest BCUT2D eigenvalue weighted by atomic mass is 10.0. The lowest BCUT2D eigenvalue weighted by Crippen LogP contribution is -2.38. The summed E-state index contributed by atoms with van der Waals surface area (Å²) >= 11 is 0. The van der Waals surface area contributed by atoms with Gasteiger partial charge >= 0.3 is 5.97 Å². The summed E-state index contributed by atoms with van der Waals surface area (Å²) in [5, 5.41) is 9.41. The van der Waals surface area contributed by atoms with E-state index in [-0.39, 0.29) is 17.1 Å². The summed E-state index contributed by atoms with van der Waals surface area (Å²) in [6, 6.07) is 19.2. The minimum atomic E-state index is -1.53. The fourth-order valence-corrected chi connectivity index (χ4v) is 3.03. The van der Waals surface area contributed by atoms with E-state index < -0.39 is 11.6 Å². The van der Waals surface area contributed by atoms with Crippen LogP contribution in [0.15, 0.2) is 66.7 Å². The monoisotopic (exact) mass is 464 g/mol. The zero-order valence-electron chi connectivity index (χ0n) is 19.7. The topological polar surface area (TPSA) is 91.3 Å². The second-order valence-electron chi connectivity index (χ2n) is 8.14. The van der Waals surface area contributed by atoms with Crippen molar-refractivity contribution in [1.82, 2.24) is 0 Å². The first-order valence-corrected chi connectivity index (χ1v) is 10.8. The third-order valence-electron chi connectivity index (χ3n) is 5.07. The van der Waals surface area contributed by atoms with Crippen molar-refractivity contribution in [3.05, 3.63) is 83.4 Å². The Labute approximate surface area is 198 Å². The molecule has 0 radical (unpaired) electrons. The molecule has 0 heterocycles. The smallest absolute Gasteiger partial charge is 0.347 e. The van der Waals surface area contributed by atoms with Gasteiger partial charge in [-0.05, 0) is 69.3 Å². The average molecular weight is 465 g/mol. The van der Waals surface area contributed by atoms with Crippen molar-refractivity contribution in [2.75, 3.05) is 20.3 Å². The predicted octanol–water partition coefficient (Wildman–Crippen LogP) is 4.93. The molecule has 3 aromatic carbocycles. The number of carboxylic acids is 1. The molecule has 0 spiro atoms. The summed E-state index contributed by atoms with van der Waals surface area (Å²) in [4.78, 5) is 24.7. The summed E-state index contributed by atoms with van der Waals surface area (Å²) in [6.07, 6.45) is 0. The third-order valence-corrected chi connectivity index (χ3v) is 5.07.